The molecule has 3 aromatic heterocycles. The predicted molar refractivity (Wildman–Crippen MR) is 155 cm³/mol. The molecule has 4 fully saturated rings. The molecule has 10 rings (SSSR count). The SMILES string of the molecule is c1ccc(-c2nc(-c3ccccc3)nc(-c3ccnc4c3C3(c5cccnc5-4)C4CC5CC(C4)CC3C5)n2)cc1. The van der Waals surface area contributed by atoms with Crippen LogP contribution in [-0.2, 0) is 5.41 Å². The number of fused-ring (bicyclic) bond motifs is 3. The second kappa shape index (κ2) is 8.37. The van der Waals surface area contributed by atoms with Crippen LogP contribution < -0.4 is 0 Å². The molecule has 5 aliphatic carbocycles. The van der Waals surface area contributed by atoms with Crippen LogP contribution in [0.25, 0.3) is 45.6 Å². The largest absolute Gasteiger partial charge is 0.254 e. The Morgan fingerprint density at radius 3 is 1.73 bits per heavy atom. The van der Waals surface area contributed by atoms with Gasteiger partial charge in [-0.25, -0.2) is 15.0 Å². The quantitative estimate of drug-likeness (QED) is 0.249. The number of benzene rings is 2. The zero-order chi connectivity index (χ0) is 26.3. The smallest absolute Gasteiger partial charge is 0.164 e. The molecule has 4 saturated carbocycles. The Bertz CT molecular complexity index is 1680. The van der Waals surface area contributed by atoms with Gasteiger partial charge in [0.05, 0.1) is 11.4 Å². The fourth-order valence-corrected chi connectivity index (χ4v) is 9.01. The lowest BCUT2D eigenvalue weighted by atomic mass is 9.43. The molecule has 4 bridgehead atoms. The molecule has 1 spiro atoms. The normalized spacial score (nSPS) is 27.1. The maximum absolute atomic E-state index is 5.16. The van der Waals surface area contributed by atoms with Gasteiger partial charge < -0.3 is 0 Å². The third-order valence-corrected chi connectivity index (χ3v) is 10.2. The van der Waals surface area contributed by atoms with E-state index in [9.17, 15) is 0 Å². The molecule has 0 amide bonds. The monoisotopic (exact) mass is 519 g/mol. The van der Waals surface area contributed by atoms with Gasteiger partial charge in [-0.1, -0.05) is 66.7 Å². The van der Waals surface area contributed by atoms with Crippen molar-refractivity contribution in [1.82, 2.24) is 24.9 Å². The highest BCUT2D eigenvalue weighted by Gasteiger charge is 2.63. The van der Waals surface area contributed by atoms with E-state index >= 15 is 0 Å². The van der Waals surface area contributed by atoms with Crippen molar-refractivity contribution in [3.05, 3.63) is 102 Å². The molecular formula is C35H29N5. The van der Waals surface area contributed by atoms with Crippen LogP contribution in [0.2, 0.25) is 0 Å². The molecule has 0 unspecified atom stereocenters. The van der Waals surface area contributed by atoms with Crippen LogP contribution >= 0.6 is 0 Å². The minimum atomic E-state index is -0.0671. The van der Waals surface area contributed by atoms with E-state index < -0.39 is 0 Å². The highest BCUT2D eigenvalue weighted by molar-refractivity contribution is 5.84. The minimum absolute atomic E-state index is 0.0671. The summed E-state index contributed by atoms with van der Waals surface area (Å²) in [4.78, 5) is 25.3. The summed E-state index contributed by atoms with van der Waals surface area (Å²) in [6, 6.07) is 27.1. The molecule has 2 aromatic carbocycles. The first kappa shape index (κ1) is 22.6. The molecule has 3 heterocycles. The highest BCUT2D eigenvalue weighted by atomic mass is 15.0. The van der Waals surface area contributed by atoms with Crippen molar-refractivity contribution in [2.45, 2.75) is 37.5 Å². The van der Waals surface area contributed by atoms with Crippen LogP contribution in [0, 0.1) is 23.7 Å². The van der Waals surface area contributed by atoms with Crippen molar-refractivity contribution in [2.24, 2.45) is 23.7 Å². The minimum Gasteiger partial charge on any atom is -0.254 e. The average molecular weight is 520 g/mol. The zero-order valence-electron chi connectivity index (χ0n) is 22.2. The number of aromatic nitrogens is 5. The first-order valence-electron chi connectivity index (χ1n) is 14.6. The lowest BCUT2D eigenvalue weighted by Crippen LogP contribution is -2.55. The second-order valence-electron chi connectivity index (χ2n) is 12.2. The van der Waals surface area contributed by atoms with Gasteiger partial charge in [-0.2, -0.15) is 0 Å². The summed E-state index contributed by atoms with van der Waals surface area (Å²) in [5.41, 5.74) is 7.80. The number of nitrogens with zero attached hydrogens (tertiary/aromatic N) is 5. The maximum Gasteiger partial charge on any atom is 0.164 e. The van der Waals surface area contributed by atoms with E-state index in [4.69, 9.17) is 24.9 Å². The van der Waals surface area contributed by atoms with Gasteiger partial charge in [-0.15, -0.1) is 0 Å². The summed E-state index contributed by atoms with van der Waals surface area (Å²) < 4.78 is 0. The summed E-state index contributed by atoms with van der Waals surface area (Å²) in [6.45, 7) is 0. The first-order valence-corrected chi connectivity index (χ1v) is 14.6. The van der Waals surface area contributed by atoms with Crippen molar-refractivity contribution in [2.75, 3.05) is 0 Å². The summed E-state index contributed by atoms with van der Waals surface area (Å²) >= 11 is 0. The van der Waals surface area contributed by atoms with Gasteiger partial charge in [0, 0.05) is 40.1 Å². The lowest BCUT2D eigenvalue weighted by molar-refractivity contribution is -0.0398. The van der Waals surface area contributed by atoms with Crippen molar-refractivity contribution >= 4 is 0 Å². The molecule has 5 aliphatic rings. The summed E-state index contributed by atoms with van der Waals surface area (Å²) in [7, 11) is 0. The fraction of sp³-hybridized carbons (Fsp3) is 0.286. The van der Waals surface area contributed by atoms with Gasteiger partial charge in [0.15, 0.2) is 17.5 Å². The van der Waals surface area contributed by atoms with Gasteiger partial charge in [0.25, 0.3) is 0 Å². The van der Waals surface area contributed by atoms with Gasteiger partial charge in [0.1, 0.15) is 0 Å². The Morgan fingerprint density at radius 1 is 0.525 bits per heavy atom. The molecule has 5 aromatic rings. The maximum atomic E-state index is 5.16. The third-order valence-electron chi connectivity index (χ3n) is 10.2. The Hall–Kier alpha value is -4.25. The van der Waals surface area contributed by atoms with E-state index in [0.29, 0.717) is 23.5 Å². The van der Waals surface area contributed by atoms with E-state index in [-0.39, 0.29) is 5.41 Å². The standard InChI is InChI=1S/C35H29N5/c1-3-8-23(9-4-1)32-38-33(24-10-5-2-6-11-24)40-34(39-32)27-13-15-37-31-29(27)35(28-12-7-14-36-30(28)31)25-17-21-16-22(19-25)20-26(35)18-21/h1-15,21-22,25-26H,16-20H2. The van der Waals surface area contributed by atoms with Crippen LogP contribution in [0.3, 0.4) is 0 Å². The summed E-state index contributed by atoms with van der Waals surface area (Å²) in [5, 5.41) is 0. The van der Waals surface area contributed by atoms with E-state index in [1.54, 1.807) is 0 Å². The van der Waals surface area contributed by atoms with E-state index in [0.717, 1.165) is 45.7 Å². The highest BCUT2D eigenvalue weighted by Crippen LogP contribution is 2.69. The number of pyridine rings is 2. The first-order chi connectivity index (χ1) is 19.8. The Morgan fingerprint density at radius 2 is 1.10 bits per heavy atom. The van der Waals surface area contributed by atoms with Crippen LogP contribution in [-0.4, -0.2) is 24.9 Å². The summed E-state index contributed by atoms with van der Waals surface area (Å²) in [5.74, 6) is 5.07. The van der Waals surface area contributed by atoms with Crippen LogP contribution in [0.4, 0.5) is 0 Å². The van der Waals surface area contributed by atoms with E-state index in [1.165, 1.54) is 43.2 Å². The molecule has 0 saturated heterocycles. The Balaban J connectivity index is 1.32. The lowest BCUT2D eigenvalue weighted by Gasteiger charge is -2.61. The van der Waals surface area contributed by atoms with E-state index in [2.05, 4.69) is 42.5 Å². The van der Waals surface area contributed by atoms with Crippen molar-refractivity contribution < 1.29 is 0 Å². The van der Waals surface area contributed by atoms with E-state index in [1.807, 2.05) is 48.8 Å². The van der Waals surface area contributed by atoms with Gasteiger partial charge in [-0.3, -0.25) is 9.97 Å². The van der Waals surface area contributed by atoms with Crippen LogP contribution in [0.15, 0.2) is 91.3 Å². The molecule has 0 aliphatic heterocycles. The topological polar surface area (TPSA) is 64.5 Å². The Kier molecular flexibility index (Phi) is 4.72. The Labute approximate surface area is 233 Å². The van der Waals surface area contributed by atoms with Crippen LogP contribution in [0.5, 0.6) is 0 Å². The van der Waals surface area contributed by atoms with Crippen molar-refractivity contribution in [3.63, 3.8) is 0 Å². The third kappa shape index (κ3) is 3.06. The second-order valence-corrected chi connectivity index (χ2v) is 12.2. The average Bonchev–Trinajstić information content (AvgIpc) is 3.31. The molecule has 5 heteroatoms. The molecule has 40 heavy (non-hydrogen) atoms. The van der Waals surface area contributed by atoms with Gasteiger partial charge >= 0.3 is 0 Å². The number of hydrogen-bond donors (Lipinski definition) is 0. The molecule has 0 radical (unpaired) electrons. The molecular weight excluding hydrogens is 490 g/mol. The number of rotatable bonds is 3. The van der Waals surface area contributed by atoms with Gasteiger partial charge in [-0.05, 0) is 73.5 Å². The zero-order valence-corrected chi connectivity index (χ0v) is 22.2. The van der Waals surface area contributed by atoms with Crippen LogP contribution in [0.1, 0.15) is 43.2 Å². The number of hydrogen-bond acceptors (Lipinski definition) is 5. The summed E-state index contributed by atoms with van der Waals surface area (Å²) in [6.07, 6.45) is 10.5. The molecule has 0 N–H and O–H groups in total. The van der Waals surface area contributed by atoms with Crippen molar-refractivity contribution in [1.29, 1.82) is 0 Å². The fourth-order valence-electron chi connectivity index (χ4n) is 9.01. The van der Waals surface area contributed by atoms with Gasteiger partial charge in [0.2, 0.25) is 0 Å². The molecule has 194 valence electrons. The van der Waals surface area contributed by atoms with Crippen molar-refractivity contribution in [3.8, 4) is 45.6 Å². The molecule has 0 atom stereocenters. The molecule has 5 nitrogen and oxygen atoms in total. The predicted octanol–water partition coefficient (Wildman–Crippen LogP) is 7.39.